The monoisotopic (exact) mass is 209 g/mol. The van der Waals surface area contributed by atoms with Crippen LogP contribution in [-0.4, -0.2) is 20.2 Å². The number of methoxy groups -OCH3 is 2. The van der Waals surface area contributed by atoms with E-state index in [0.29, 0.717) is 0 Å². The summed E-state index contributed by atoms with van der Waals surface area (Å²) in [6, 6.07) is 2.21. The van der Waals surface area contributed by atoms with E-state index in [1.807, 2.05) is 0 Å². The van der Waals surface area contributed by atoms with E-state index in [-0.39, 0.29) is 17.0 Å². The lowest BCUT2D eigenvalue weighted by atomic mass is 10.2. The van der Waals surface area contributed by atoms with Gasteiger partial charge in [-0.05, 0) is 12.1 Å². The number of carbonyl (C=O) groups is 1. The zero-order chi connectivity index (χ0) is 11.4. The third kappa shape index (κ3) is 2.05. The molecule has 15 heavy (non-hydrogen) atoms. The Kier molecular flexibility index (Phi) is 3.24. The number of ether oxygens (including phenoxy) is 2. The van der Waals surface area contributed by atoms with Gasteiger partial charge in [0.25, 0.3) is 5.69 Å². The van der Waals surface area contributed by atoms with E-state index in [2.05, 4.69) is 9.58 Å². The largest absolute Gasteiger partial charge is 0.508 e. The molecule has 0 aromatic heterocycles. The van der Waals surface area contributed by atoms with E-state index in [9.17, 15) is 9.18 Å². The predicted octanol–water partition coefficient (Wildman–Crippen LogP) is 2.17. The van der Waals surface area contributed by atoms with Crippen LogP contribution in [0.1, 0.15) is 10.4 Å². The Morgan fingerprint density at radius 2 is 2.13 bits per heavy atom. The van der Waals surface area contributed by atoms with Gasteiger partial charge in [0.2, 0.25) is 0 Å². The number of hydrogen-bond donors (Lipinski definition) is 0. The van der Waals surface area contributed by atoms with Gasteiger partial charge in [0.15, 0.2) is 0 Å². The van der Waals surface area contributed by atoms with Gasteiger partial charge < -0.3 is 9.47 Å². The lowest BCUT2D eigenvalue weighted by molar-refractivity contribution is 0.0600. The third-order valence-electron chi connectivity index (χ3n) is 1.78. The molecule has 78 valence electrons. The van der Waals surface area contributed by atoms with Crippen molar-refractivity contribution >= 4 is 11.7 Å². The van der Waals surface area contributed by atoms with Crippen LogP contribution in [0.5, 0.6) is 5.75 Å². The Hall–Kier alpha value is -2.09. The second-order valence-electron chi connectivity index (χ2n) is 2.61. The van der Waals surface area contributed by atoms with Gasteiger partial charge in [-0.15, -0.1) is 0 Å². The van der Waals surface area contributed by atoms with Gasteiger partial charge in [-0.2, -0.15) is 0 Å². The molecule has 0 N–H and O–H groups in total. The quantitative estimate of drug-likeness (QED) is 0.553. The zero-order valence-corrected chi connectivity index (χ0v) is 8.20. The molecule has 1 rings (SSSR count). The highest BCUT2D eigenvalue weighted by molar-refractivity contribution is 5.90. The van der Waals surface area contributed by atoms with Crippen LogP contribution >= 0.6 is 0 Å². The van der Waals surface area contributed by atoms with Crippen molar-refractivity contribution in [1.29, 1.82) is 0 Å². The molecule has 0 amide bonds. The van der Waals surface area contributed by atoms with Crippen LogP contribution in [0.4, 0.5) is 10.1 Å². The number of halogens is 1. The molecule has 0 spiro atoms. The first-order valence-electron chi connectivity index (χ1n) is 3.97. The first kappa shape index (κ1) is 11.0. The number of carbonyl (C=O) groups excluding carboxylic acids is 1. The average Bonchev–Trinajstić information content (AvgIpc) is 2.26. The molecule has 0 aliphatic rings. The Morgan fingerprint density at radius 3 is 2.60 bits per heavy atom. The van der Waals surface area contributed by atoms with Crippen LogP contribution in [0.15, 0.2) is 12.1 Å². The second-order valence-corrected chi connectivity index (χ2v) is 2.61. The van der Waals surface area contributed by atoms with E-state index >= 15 is 0 Å². The van der Waals surface area contributed by atoms with Crippen molar-refractivity contribution in [2.24, 2.45) is 0 Å². The third-order valence-corrected chi connectivity index (χ3v) is 1.78. The Morgan fingerprint density at radius 1 is 1.47 bits per heavy atom. The van der Waals surface area contributed by atoms with Gasteiger partial charge in [-0.3, -0.25) is 0 Å². The van der Waals surface area contributed by atoms with E-state index < -0.39 is 11.8 Å². The van der Waals surface area contributed by atoms with Gasteiger partial charge >= 0.3 is 5.97 Å². The van der Waals surface area contributed by atoms with E-state index in [0.717, 1.165) is 6.07 Å². The topological polar surface area (TPSA) is 39.9 Å². The fourth-order valence-electron chi connectivity index (χ4n) is 1.07. The minimum absolute atomic E-state index is 0.0132. The summed E-state index contributed by atoms with van der Waals surface area (Å²) < 4.78 is 22.5. The maximum atomic E-state index is 13.3. The van der Waals surface area contributed by atoms with E-state index in [1.54, 1.807) is 0 Å². The normalized spacial score (nSPS) is 9.20. The summed E-state index contributed by atoms with van der Waals surface area (Å²) in [6.45, 7) is 6.74. The van der Waals surface area contributed by atoms with Crippen molar-refractivity contribution < 1.29 is 18.7 Å². The average molecular weight is 209 g/mol. The van der Waals surface area contributed by atoms with Crippen molar-refractivity contribution in [3.63, 3.8) is 0 Å². The molecule has 0 aliphatic carbocycles. The first-order chi connectivity index (χ1) is 7.13. The number of benzene rings is 1. The van der Waals surface area contributed by atoms with E-state index in [1.165, 1.54) is 20.3 Å². The predicted molar refractivity (Wildman–Crippen MR) is 50.6 cm³/mol. The number of rotatable bonds is 2. The number of hydrogen-bond acceptors (Lipinski definition) is 3. The van der Waals surface area contributed by atoms with Crippen LogP contribution in [-0.2, 0) is 4.74 Å². The highest BCUT2D eigenvalue weighted by Gasteiger charge is 2.15. The maximum Gasteiger partial charge on any atom is 0.337 e. The lowest BCUT2D eigenvalue weighted by Gasteiger charge is -2.06. The Balaban J connectivity index is 3.33. The molecule has 1 aromatic rings. The van der Waals surface area contributed by atoms with Crippen LogP contribution in [0, 0.1) is 12.4 Å². The lowest BCUT2D eigenvalue weighted by Crippen LogP contribution is -2.02. The molecular formula is C10H8FNO3. The first-order valence-corrected chi connectivity index (χ1v) is 3.97. The number of nitrogens with zero attached hydrogens (tertiary/aromatic N) is 1. The molecule has 0 saturated carbocycles. The molecule has 0 bridgehead atoms. The fraction of sp³-hybridized carbons (Fsp3) is 0.200. The summed E-state index contributed by atoms with van der Waals surface area (Å²) in [7, 11) is 2.49. The molecule has 0 radical (unpaired) electrons. The van der Waals surface area contributed by atoms with E-state index in [4.69, 9.17) is 11.3 Å². The molecule has 0 aliphatic heterocycles. The van der Waals surface area contributed by atoms with Crippen molar-refractivity contribution in [3.8, 4) is 5.75 Å². The standard InChI is InChI=1S/C10H8FNO3/c1-12-9-7(11)4-6(10(13)15-3)5-8(9)14-2/h4-5H,2-3H3. The summed E-state index contributed by atoms with van der Waals surface area (Å²) in [4.78, 5) is 14.1. The van der Waals surface area contributed by atoms with Crippen LogP contribution in [0.3, 0.4) is 0 Å². The minimum Gasteiger partial charge on any atom is -0.508 e. The SMILES string of the molecule is [C-]#[N+]c1c(F)cc(C(=O)OC)cc1OC. The molecular weight excluding hydrogens is 201 g/mol. The number of esters is 1. The van der Waals surface area contributed by atoms with Crippen LogP contribution < -0.4 is 4.74 Å². The summed E-state index contributed by atoms with van der Waals surface area (Å²) >= 11 is 0. The maximum absolute atomic E-state index is 13.3. The van der Waals surface area contributed by atoms with Crippen molar-refractivity contribution in [2.45, 2.75) is 0 Å². The van der Waals surface area contributed by atoms with Crippen molar-refractivity contribution in [2.75, 3.05) is 14.2 Å². The molecule has 0 atom stereocenters. The van der Waals surface area contributed by atoms with Gasteiger partial charge in [-0.1, -0.05) is 0 Å². The zero-order valence-electron chi connectivity index (χ0n) is 8.20. The van der Waals surface area contributed by atoms with Gasteiger partial charge in [0.1, 0.15) is 11.6 Å². The fourth-order valence-corrected chi connectivity index (χ4v) is 1.07. The Labute approximate surface area is 86.0 Å². The Bertz CT molecular complexity index is 437. The summed E-state index contributed by atoms with van der Waals surface area (Å²) in [6.07, 6.45) is 0. The molecule has 0 saturated heterocycles. The van der Waals surface area contributed by atoms with Gasteiger partial charge in [-0.25, -0.2) is 14.0 Å². The highest BCUT2D eigenvalue weighted by atomic mass is 19.1. The van der Waals surface area contributed by atoms with Crippen LogP contribution in [0.25, 0.3) is 4.85 Å². The molecule has 1 aromatic carbocycles. The van der Waals surface area contributed by atoms with Gasteiger partial charge in [0, 0.05) is 0 Å². The van der Waals surface area contributed by atoms with Crippen molar-refractivity contribution in [3.05, 3.63) is 34.9 Å². The molecule has 0 unspecified atom stereocenters. The highest BCUT2D eigenvalue weighted by Crippen LogP contribution is 2.31. The smallest absolute Gasteiger partial charge is 0.337 e. The second kappa shape index (κ2) is 4.42. The molecule has 4 nitrogen and oxygen atoms in total. The molecule has 0 heterocycles. The summed E-state index contributed by atoms with van der Waals surface area (Å²) in [5, 5.41) is 0. The van der Waals surface area contributed by atoms with Crippen LogP contribution in [0.2, 0.25) is 0 Å². The van der Waals surface area contributed by atoms with Gasteiger partial charge in [0.05, 0.1) is 26.4 Å². The molecule has 5 heteroatoms. The summed E-state index contributed by atoms with van der Waals surface area (Å²) in [5.74, 6) is -1.46. The van der Waals surface area contributed by atoms with Crippen molar-refractivity contribution in [1.82, 2.24) is 0 Å². The minimum atomic E-state index is -0.801. The summed E-state index contributed by atoms with van der Waals surface area (Å²) in [5.41, 5.74) is -0.232. The molecule has 0 fully saturated rings.